The van der Waals surface area contributed by atoms with Crippen LogP contribution in [-0.4, -0.2) is 11.6 Å². The lowest BCUT2D eigenvalue weighted by molar-refractivity contribution is -0.596. The predicted molar refractivity (Wildman–Crippen MR) is 155 cm³/mol. The summed E-state index contributed by atoms with van der Waals surface area (Å²) in [6.07, 6.45) is 8.08. The Labute approximate surface area is 233 Å². The first kappa shape index (κ1) is 24.8. The van der Waals surface area contributed by atoms with Crippen LogP contribution < -0.4 is 9.13 Å². The van der Waals surface area contributed by atoms with Gasteiger partial charge in [0, 0.05) is 70.8 Å². The molecule has 0 unspecified atom stereocenters. The topological polar surface area (TPSA) is 41.9 Å². The molecule has 0 saturated heterocycles. The van der Waals surface area contributed by atoms with Crippen molar-refractivity contribution in [1.82, 2.24) is 0 Å². The average molecular weight is 519 g/mol. The van der Waals surface area contributed by atoms with E-state index in [-0.39, 0.29) is 11.6 Å². The number of benzene rings is 4. The number of nitrogens with zero attached hydrogens (tertiary/aromatic N) is 2. The Balaban J connectivity index is 1.14. The quantitative estimate of drug-likeness (QED) is 0.182. The van der Waals surface area contributed by atoms with Crippen LogP contribution in [0.1, 0.15) is 31.8 Å². The molecule has 40 heavy (non-hydrogen) atoms. The molecule has 0 aliphatic heterocycles. The van der Waals surface area contributed by atoms with E-state index in [0.717, 1.165) is 22.5 Å². The highest BCUT2D eigenvalue weighted by atomic mass is 16.1. The number of hydrogen-bond donors (Lipinski definition) is 0. The third-order valence-corrected chi connectivity index (χ3v) is 6.92. The Morgan fingerprint density at radius 1 is 0.350 bits per heavy atom. The molecule has 4 aromatic carbocycles. The molecule has 0 radical (unpaired) electrons. The van der Waals surface area contributed by atoms with E-state index in [1.54, 1.807) is 0 Å². The molecule has 6 aromatic rings. The van der Waals surface area contributed by atoms with E-state index >= 15 is 0 Å². The van der Waals surface area contributed by atoms with Gasteiger partial charge in [-0.3, -0.25) is 9.59 Å². The van der Waals surface area contributed by atoms with Crippen LogP contribution in [0.4, 0.5) is 0 Å². The molecular weight excluding hydrogens is 492 g/mol. The molecule has 0 N–H and O–H groups in total. The van der Waals surface area contributed by atoms with Gasteiger partial charge in [-0.15, -0.1) is 0 Å². The summed E-state index contributed by atoms with van der Waals surface area (Å²) in [6.45, 7) is 0. The number of ketones is 2. The van der Waals surface area contributed by atoms with Gasteiger partial charge in [-0.05, 0) is 35.4 Å². The van der Waals surface area contributed by atoms with Gasteiger partial charge in [0.1, 0.15) is 0 Å². The predicted octanol–water partition coefficient (Wildman–Crippen LogP) is 6.37. The van der Waals surface area contributed by atoms with E-state index in [4.69, 9.17) is 0 Å². The summed E-state index contributed by atoms with van der Waals surface area (Å²) >= 11 is 0. The van der Waals surface area contributed by atoms with E-state index in [1.165, 1.54) is 0 Å². The van der Waals surface area contributed by atoms with Crippen molar-refractivity contribution in [3.63, 3.8) is 0 Å². The molecule has 0 amide bonds. The standard InChI is InChI=1S/C36H26N2O2/c39-35(29-7-3-1-4-8-29)31-11-15-33(16-12-31)37-23-19-27(20-24-37)28-21-25-38(26-22-28)34-17-13-32(14-18-34)36(40)30-9-5-2-6-10-30/h1-26H/q+2. The van der Waals surface area contributed by atoms with Crippen LogP contribution in [0.25, 0.3) is 22.5 Å². The fraction of sp³-hybridized carbons (Fsp3) is 0. The Hall–Kier alpha value is -5.48. The lowest BCUT2D eigenvalue weighted by Crippen LogP contribution is -2.29. The van der Waals surface area contributed by atoms with Gasteiger partial charge < -0.3 is 0 Å². The minimum Gasteiger partial charge on any atom is -0.289 e. The number of aromatic nitrogens is 2. The molecule has 0 saturated carbocycles. The second-order valence-electron chi connectivity index (χ2n) is 9.47. The summed E-state index contributed by atoms with van der Waals surface area (Å²) in [7, 11) is 0. The highest BCUT2D eigenvalue weighted by Gasteiger charge is 2.14. The number of hydrogen-bond acceptors (Lipinski definition) is 2. The molecule has 0 atom stereocenters. The molecule has 4 nitrogen and oxygen atoms in total. The van der Waals surface area contributed by atoms with Gasteiger partial charge in [0.25, 0.3) is 0 Å². The van der Waals surface area contributed by atoms with Gasteiger partial charge in [0.15, 0.2) is 36.4 Å². The van der Waals surface area contributed by atoms with Crippen molar-refractivity contribution in [3.8, 4) is 22.5 Å². The minimum atomic E-state index is 0.0189. The van der Waals surface area contributed by atoms with Crippen molar-refractivity contribution < 1.29 is 18.7 Å². The first-order chi connectivity index (χ1) is 19.7. The zero-order chi connectivity index (χ0) is 27.3. The van der Waals surface area contributed by atoms with Crippen LogP contribution >= 0.6 is 0 Å². The number of pyridine rings is 2. The van der Waals surface area contributed by atoms with Gasteiger partial charge in [-0.1, -0.05) is 60.7 Å². The van der Waals surface area contributed by atoms with E-state index in [0.29, 0.717) is 22.3 Å². The van der Waals surface area contributed by atoms with Crippen molar-refractivity contribution in [2.45, 2.75) is 0 Å². The molecule has 2 aromatic heterocycles. The Morgan fingerprint density at radius 3 is 0.975 bits per heavy atom. The smallest absolute Gasteiger partial charge is 0.210 e. The van der Waals surface area contributed by atoms with Crippen LogP contribution in [0.2, 0.25) is 0 Å². The van der Waals surface area contributed by atoms with Gasteiger partial charge in [-0.2, -0.15) is 9.13 Å². The van der Waals surface area contributed by atoms with Gasteiger partial charge in [-0.25, -0.2) is 0 Å². The maximum absolute atomic E-state index is 12.7. The van der Waals surface area contributed by atoms with Gasteiger partial charge in [0.2, 0.25) is 11.4 Å². The molecule has 4 heteroatoms. The molecule has 0 aliphatic rings. The molecule has 0 fully saturated rings. The zero-order valence-corrected chi connectivity index (χ0v) is 21.7. The fourth-order valence-electron chi connectivity index (χ4n) is 4.66. The molecular formula is C36H26N2O2+2. The monoisotopic (exact) mass is 518 g/mol. The molecule has 0 bridgehead atoms. The van der Waals surface area contributed by atoms with E-state index < -0.39 is 0 Å². The third-order valence-electron chi connectivity index (χ3n) is 6.92. The van der Waals surface area contributed by atoms with Crippen LogP contribution in [0.5, 0.6) is 0 Å². The van der Waals surface area contributed by atoms with Crippen molar-refractivity contribution in [2.24, 2.45) is 0 Å². The maximum atomic E-state index is 12.7. The highest BCUT2D eigenvalue weighted by molar-refractivity contribution is 6.09. The van der Waals surface area contributed by atoms with E-state index in [9.17, 15) is 9.59 Å². The molecule has 0 aliphatic carbocycles. The van der Waals surface area contributed by atoms with Crippen LogP contribution in [-0.2, 0) is 0 Å². The lowest BCUT2D eigenvalue weighted by atomic mass is 10.0. The zero-order valence-electron chi connectivity index (χ0n) is 21.7. The minimum absolute atomic E-state index is 0.0189. The first-order valence-electron chi connectivity index (χ1n) is 13.1. The summed E-state index contributed by atoms with van der Waals surface area (Å²) in [4.78, 5) is 25.4. The number of carbonyl (C=O) groups is 2. The normalized spacial score (nSPS) is 10.7. The Bertz CT molecular complexity index is 1620. The summed E-state index contributed by atoms with van der Waals surface area (Å²) < 4.78 is 4.06. The van der Waals surface area contributed by atoms with Crippen molar-refractivity contribution in [2.75, 3.05) is 0 Å². The Kier molecular flexibility index (Phi) is 6.89. The first-order valence-corrected chi connectivity index (χ1v) is 13.1. The van der Waals surface area contributed by atoms with Crippen LogP contribution in [0.15, 0.2) is 158 Å². The third kappa shape index (κ3) is 5.24. The summed E-state index contributed by atoms with van der Waals surface area (Å²) in [6, 6.07) is 42.2. The van der Waals surface area contributed by atoms with Crippen molar-refractivity contribution >= 4 is 11.6 Å². The van der Waals surface area contributed by atoms with Crippen molar-refractivity contribution in [1.29, 1.82) is 0 Å². The second-order valence-corrected chi connectivity index (χ2v) is 9.47. The largest absolute Gasteiger partial charge is 0.289 e. The second kappa shape index (κ2) is 11.1. The SMILES string of the molecule is O=C(c1ccccc1)c1ccc(-[n+]2ccc(-c3cc[n+](-c4ccc(C(=O)c5ccccc5)cc4)cc3)cc2)cc1. The summed E-state index contributed by atoms with van der Waals surface area (Å²) in [5, 5.41) is 0. The van der Waals surface area contributed by atoms with Crippen LogP contribution in [0.3, 0.4) is 0 Å². The summed E-state index contributed by atoms with van der Waals surface area (Å²) in [5.41, 5.74) is 6.88. The maximum Gasteiger partial charge on any atom is 0.210 e. The average Bonchev–Trinajstić information content (AvgIpc) is 3.05. The van der Waals surface area contributed by atoms with Crippen molar-refractivity contribution in [3.05, 3.63) is 181 Å². The number of carbonyl (C=O) groups excluding carboxylic acids is 2. The molecule has 190 valence electrons. The molecule has 2 heterocycles. The fourth-order valence-corrected chi connectivity index (χ4v) is 4.66. The highest BCUT2D eigenvalue weighted by Crippen LogP contribution is 2.18. The van der Waals surface area contributed by atoms with Crippen LogP contribution in [0, 0.1) is 0 Å². The lowest BCUT2D eigenvalue weighted by Gasteiger charge is -2.03. The summed E-state index contributed by atoms with van der Waals surface area (Å²) in [5.74, 6) is 0.0378. The van der Waals surface area contributed by atoms with E-state index in [2.05, 4.69) is 24.3 Å². The molecule has 0 spiro atoms. The molecule has 6 rings (SSSR count). The Morgan fingerprint density at radius 2 is 0.650 bits per heavy atom. The van der Waals surface area contributed by atoms with E-state index in [1.807, 2.05) is 143 Å². The van der Waals surface area contributed by atoms with Gasteiger partial charge in [0.05, 0.1) is 0 Å². The number of rotatable bonds is 7. The van der Waals surface area contributed by atoms with Gasteiger partial charge >= 0.3 is 0 Å².